The van der Waals surface area contributed by atoms with Crippen LogP contribution in [0.25, 0.3) is 5.65 Å². The van der Waals surface area contributed by atoms with E-state index < -0.39 is 0 Å². The first-order valence-corrected chi connectivity index (χ1v) is 3.70. The molecule has 2 N–H and O–H groups in total. The SMILES string of the molecule is N#Cc1cnc2c(C#N)cnn2c1N. The van der Waals surface area contributed by atoms with Crippen LogP contribution >= 0.6 is 0 Å². The van der Waals surface area contributed by atoms with Crippen molar-refractivity contribution in [1.82, 2.24) is 14.6 Å². The van der Waals surface area contributed by atoms with Crippen molar-refractivity contribution in [1.29, 1.82) is 10.5 Å². The van der Waals surface area contributed by atoms with E-state index in [1.807, 2.05) is 12.1 Å². The Labute approximate surface area is 78.8 Å². The quantitative estimate of drug-likeness (QED) is 0.623. The number of aromatic nitrogens is 3. The van der Waals surface area contributed by atoms with Crippen LogP contribution < -0.4 is 5.73 Å². The minimum atomic E-state index is 0.194. The summed E-state index contributed by atoms with van der Waals surface area (Å²) in [6.07, 6.45) is 2.69. The summed E-state index contributed by atoms with van der Waals surface area (Å²) in [7, 11) is 0. The van der Waals surface area contributed by atoms with Crippen LogP contribution in [-0.2, 0) is 0 Å². The predicted octanol–water partition coefficient (Wildman–Crippen LogP) is 0.0549. The number of hydrogen-bond acceptors (Lipinski definition) is 5. The van der Waals surface area contributed by atoms with Gasteiger partial charge in [-0.1, -0.05) is 0 Å². The number of nitrogens with zero attached hydrogens (tertiary/aromatic N) is 5. The van der Waals surface area contributed by atoms with Crippen LogP contribution in [0.4, 0.5) is 5.82 Å². The van der Waals surface area contributed by atoms with E-state index in [-0.39, 0.29) is 11.4 Å². The van der Waals surface area contributed by atoms with Gasteiger partial charge in [-0.2, -0.15) is 20.1 Å². The Morgan fingerprint density at radius 1 is 1.21 bits per heavy atom. The summed E-state index contributed by atoms with van der Waals surface area (Å²) >= 11 is 0. The molecule has 0 spiro atoms. The Morgan fingerprint density at radius 2 is 1.93 bits per heavy atom. The summed E-state index contributed by atoms with van der Waals surface area (Å²) < 4.78 is 1.27. The highest BCUT2D eigenvalue weighted by atomic mass is 15.3. The molecule has 0 saturated carbocycles. The van der Waals surface area contributed by atoms with Gasteiger partial charge in [0.1, 0.15) is 29.1 Å². The molecular weight excluding hydrogens is 180 g/mol. The average molecular weight is 184 g/mol. The Balaban J connectivity index is 2.89. The Bertz CT molecular complexity index is 582. The van der Waals surface area contributed by atoms with Crippen molar-refractivity contribution in [3.8, 4) is 12.1 Å². The monoisotopic (exact) mass is 184 g/mol. The highest BCUT2D eigenvalue weighted by Gasteiger charge is 2.09. The molecule has 0 aromatic carbocycles. The van der Waals surface area contributed by atoms with Crippen molar-refractivity contribution in [2.24, 2.45) is 0 Å². The van der Waals surface area contributed by atoms with Crippen molar-refractivity contribution >= 4 is 11.5 Å². The smallest absolute Gasteiger partial charge is 0.175 e. The number of nitrogen functional groups attached to an aromatic ring is 1. The summed E-state index contributed by atoms with van der Waals surface area (Å²) in [6.45, 7) is 0. The number of anilines is 1. The van der Waals surface area contributed by atoms with Gasteiger partial charge in [0.15, 0.2) is 5.65 Å². The van der Waals surface area contributed by atoms with Gasteiger partial charge in [-0.3, -0.25) is 0 Å². The molecule has 0 aliphatic rings. The molecule has 0 fully saturated rings. The first-order chi connectivity index (χ1) is 6.77. The highest BCUT2D eigenvalue weighted by Crippen LogP contribution is 2.13. The molecule has 0 saturated heterocycles. The third-order valence-corrected chi connectivity index (χ3v) is 1.80. The molecule has 2 aromatic heterocycles. The van der Waals surface area contributed by atoms with Gasteiger partial charge in [0, 0.05) is 0 Å². The molecule has 2 aromatic rings. The van der Waals surface area contributed by atoms with Crippen LogP contribution in [0.3, 0.4) is 0 Å². The van der Waals surface area contributed by atoms with Crippen LogP contribution in [0.15, 0.2) is 12.4 Å². The Morgan fingerprint density at radius 3 is 2.57 bits per heavy atom. The molecule has 2 rings (SSSR count). The van der Waals surface area contributed by atoms with Gasteiger partial charge < -0.3 is 5.73 Å². The zero-order valence-electron chi connectivity index (χ0n) is 6.97. The predicted molar refractivity (Wildman–Crippen MR) is 46.8 cm³/mol. The normalized spacial score (nSPS) is 9.57. The molecule has 6 nitrogen and oxygen atoms in total. The summed E-state index contributed by atoms with van der Waals surface area (Å²) in [5.41, 5.74) is 6.57. The maximum Gasteiger partial charge on any atom is 0.175 e. The van der Waals surface area contributed by atoms with Gasteiger partial charge in [0.05, 0.1) is 12.4 Å². The maximum absolute atomic E-state index is 8.69. The molecule has 0 atom stereocenters. The minimum absolute atomic E-state index is 0.194. The van der Waals surface area contributed by atoms with Gasteiger partial charge in [0.2, 0.25) is 0 Å². The molecule has 0 amide bonds. The first-order valence-electron chi connectivity index (χ1n) is 3.70. The van der Waals surface area contributed by atoms with E-state index in [1.165, 1.54) is 16.9 Å². The number of rotatable bonds is 0. The van der Waals surface area contributed by atoms with Gasteiger partial charge in [-0.05, 0) is 0 Å². The lowest BCUT2D eigenvalue weighted by molar-refractivity contribution is 0.948. The van der Waals surface area contributed by atoms with Crippen LogP contribution in [0, 0.1) is 22.7 Å². The number of hydrogen-bond donors (Lipinski definition) is 1. The van der Waals surface area contributed by atoms with Crippen molar-refractivity contribution in [2.75, 3.05) is 5.73 Å². The van der Waals surface area contributed by atoms with Gasteiger partial charge in [-0.25, -0.2) is 4.98 Å². The zero-order chi connectivity index (χ0) is 10.1. The van der Waals surface area contributed by atoms with Crippen LogP contribution in [0.5, 0.6) is 0 Å². The van der Waals surface area contributed by atoms with Gasteiger partial charge in [-0.15, -0.1) is 0 Å². The molecule has 0 radical (unpaired) electrons. The molecule has 14 heavy (non-hydrogen) atoms. The van der Waals surface area contributed by atoms with E-state index in [0.717, 1.165) is 0 Å². The third-order valence-electron chi connectivity index (χ3n) is 1.80. The molecule has 6 heteroatoms. The van der Waals surface area contributed by atoms with E-state index in [9.17, 15) is 0 Å². The van der Waals surface area contributed by atoms with Crippen molar-refractivity contribution in [3.05, 3.63) is 23.5 Å². The molecular formula is C8H4N6. The van der Waals surface area contributed by atoms with Crippen LogP contribution in [0.1, 0.15) is 11.1 Å². The number of nitrogens with two attached hydrogens (primary N) is 1. The summed E-state index contributed by atoms with van der Waals surface area (Å²) in [6, 6.07) is 3.81. The van der Waals surface area contributed by atoms with E-state index in [2.05, 4.69) is 10.1 Å². The van der Waals surface area contributed by atoms with Crippen molar-refractivity contribution < 1.29 is 0 Å². The number of fused-ring (bicyclic) bond motifs is 1. The zero-order valence-corrected chi connectivity index (χ0v) is 6.97. The third kappa shape index (κ3) is 0.883. The van der Waals surface area contributed by atoms with Gasteiger partial charge >= 0.3 is 0 Å². The maximum atomic E-state index is 8.69. The number of nitriles is 2. The molecule has 0 aliphatic carbocycles. The lowest BCUT2D eigenvalue weighted by Crippen LogP contribution is -2.02. The van der Waals surface area contributed by atoms with Gasteiger partial charge in [0.25, 0.3) is 0 Å². The first kappa shape index (κ1) is 8.02. The van der Waals surface area contributed by atoms with E-state index >= 15 is 0 Å². The lowest BCUT2D eigenvalue weighted by Gasteiger charge is -1.98. The highest BCUT2D eigenvalue weighted by molar-refractivity contribution is 5.60. The van der Waals surface area contributed by atoms with Crippen LogP contribution in [0.2, 0.25) is 0 Å². The largest absolute Gasteiger partial charge is 0.382 e. The fourth-order valence-electron chi connectivity index (χ4n) is 1.11. The van der Waals surface area contributed by atoms with Crippen molar-refractivity contribution in [2.45, 2.75) is 0 Å². The second-order valence-electron chi connectivity index (χ2n) is 2.57. The summed E-state index contributed by atoms with van der Waals surface area (Å²) in [5, 5.41) is 21.2. The Kier molecular flexibility index (Phi) is 1.55. The minimum Gasteiger partial charge on any atom is -0.382 e. The second kappa shape index (κ2) is 2.71. The lowest BCUT2D eigenvalue weighted by atomic mass is 10.3. The molecule has 0 bridgehead atoms. The fraction of sp³-hybridized carbons (Fsp3) is 0. The van der Waals surface area contributed by atoms with E-state index in [4.69, 9.17) is 16.3 Å². The van der Waals surface area contributed by atoms with Crippen molar-refractivity contribution in [3.63, 3.8) is 0 Å². The van der Waals surface area contributed by atoms with E-state index in [1.54, 1.807) is 0 Å². The fourth-order valence-corrected chi connectivity index (χ4v) is 1.11. The molecule has 66 valence electrons. The Hall–Kier alpha value is -2.60. The summed E-state index contributed by atoms with van der Waals surface area (Å²) in [4.78, 5) is 3.92. The summed E-state index contributed by atoms with van der Waals surface area (Å²) in [5.74, 6) is 0.194. The van der Waals surface area contributed by atoms with E-state index in [0.29, 0.717) is 11.2 Å². The molecule has 0 aliphatic heterocycles. The molecule has 0 unspecified atom stereocenters. The topological polar surface area (TPSA) is 104 Å². The second-order valence-corrected chi connectivity index (χ2v) is 2.57. The van der Waals surface area contributed by atoms with Crippen LogP contribution in [-0.4, -0.2) is 14.6 Å². The average Bonchev–Trinajstić information content (AvgIpc) is 2.62. The molecule has 2 heterocycles. The standard InChI is InChI=1S/C8H4N6/c9-1-5-3-12-8-6(2-10)4-13-14(8)7(5)11/h3-4H,11H2.